The van der Waals surface area contributed by atoms with Crippen molar-refractivity contribution in [3.63, 3.8) is 0 Å². The lowest BCUT2D eigenvalue weighted by Crippen LogP contribution is -2.46. The average molecular weight is 521 g/mol. The number of carboxylic acid groups (broad SMARTS) is 1. The van der Waals surface area contributed by atoms with Crippen LogP contribution in [-0.4, -0.2) is 35.2 Å². The first kappa shape index (κ1) is 22.2. The molecule has 2 aliphatic rings. The summed E-state index contributed by atoms with van der Waals surface area (Å²) in [5.41, 5.74) is 3.81. The molecule has 8 heteroatoms. The van der Waals surface area contributed by atoms with Crippen molar-refractivity contribution in [2.24, 2.45) is 0 Å². The number of anilines is 1. The first-order valence-electron chi connectivity index (χ1n) is 10.8. The molecule has 5 rings (SSSR count). The van der Waals surface area contributed by atoms with Crippen molar-refractivity contribution >= 4 is 39.6 Å². The summed E-state index contributed by atoms with van der Waals surface area (Å²) in [6.45, 7) is 0.158. The van der Waals surface area contributed by atoms with Crippen LogP contribution in [0.1, 0.15) is 40.2 Å². The second-order valence-electron chi connectivity index (χ2n) is 8.52. The van der Waals surface area contributed by atoms with Crippen LogP contribution in [0.25, 0.3) is 11.1 Å². The number of carbonyl (C=O) groups excluding carboxylic acids is 2. The second-order valence-corrected chi connectivity index (χ2v) is 9.44. The molecule has 3 aromatic carbocycles. The van der Waals surface area contributed by atoms with Gasteiger partial charge in [-0.25, -0.2) is 9.59 Å². The molecule has 0 atom stereocenters. The van der Waals surface area contributed by atoms with Crippen LogP contribution in [0.2, 0.25) is 0 Å². The number of rotatable bonds is 6. The molecule has 0 radical (unpaired) electrons. The monoisotopic (exact) mass is 520 g/mol. The summed E-state index contributed by atoms with van der Waals surface area (Å²) in [5.74, 6) is -1.58. The zero-order valence-corrected chi connectivity index (χ0v) is 19.6. The third-order valence-electron chi connectivity index (χ3n) is 6.27. The summed E-state index contributed by atoms with van der Waals surface area (Å²) >= 11 is 3.25. The number of carbonyl (C=O) groups is 3. The molecule has 0 spiro atoms. The molecule has 3 aromatic rings. The van der Waals surface area contributed by atoms with Crippen molar-refractivity contribution in [1.82, 2.24) is 5.32 Å². The quantitative estimate of drug-likeness (QED) is 0.416. The van der Waals surface area contributed by atoms with E-state index in [0.29, 0.717) is 23.0 Å². The van der Waals surface area contributed by atoms with Crippen molar-refractivity contribution in [3.8, 4) is 11.1 Å². The van der Waals surface area contributed by atoms with Crippen LogP contribution in [0.15, 0.2) is 71.2 Å². The number of benzene rings is 3. The van der Waals surface area contributed by atoms with E-state index < -0.39 is 23.5 Å². The van der Waals surface area contributed by atoms with E-state index in [1.165, 1.54) is 12.1 Å². The number of alkyl carbamates (subject to hydrolysis) is 1. The van der Waals surface area contributed by atoms with E-state index in [-0.39, 0.29) is 18.1 Å². The fourth-order valence-corrected chi connectivity index (χ4v) is 4.89. The predicted molar refractivity (Wildman–Crippen MR) is 130 cm³/mol. The molecule has 1 saturated carbocycles. The van der Waals surface area contributed by atoms with Gasteiger partial charge >= 0.3 is 12.1 Å². The van der Waals surface area contributed by atoms with Crippen LogP contribution < -0.4 is 10.6 Å². The largest absolute Gasteiger partial charge is 0.478 e. The minimum absolute atomic E-state index is 0.0408. The van der Waals surface area contributed by atoms with Gasteiger partial charge in [0, 0.05) is 16.1 Å². The van der Waals surface area contributed by atoms with E-state index in [1.54, 1.807) is 6.07 Å². The minimum atomic E-state index is -1.10. The Hall–Kier alpha value is -3.65. The van der Waals surface area contributed by atoms with Gasteiger partial charge in [-0.2, -0.15) is 0 Å². The van der Waals surface area contributed by atoms with Gasteiger partial charge in [0.1, 0.15) is 12.1 Å². The van der Waals surface area contributed by atoms with E-state index in [9.17, 15) is 19.5 Å². The molecular weight excluding hydrogens is 500 g/mol. The van der Waals surface area contributed by atoms with Crippen LogP contribution in [0, 0.1) is 0 Å². The number of hydrogen-bond acceptors (Lipinski definition) is 4. The van der Waals surface area contributed by atoms with Gasteiger partial charge in [0.2, 0.25) is 5.91 Å². The summed E-state index contributed by atoms with van der Waals surface area (Å²) in [6.07, 6.45) is 0.293. The standard InChI is InChI=1S/C26H21BrN2O5/c27-16-11-15(23(30)31)12-17(13-16)28-24(32)26(9-10-26)29-25(33)34-14-22-20-7-3-1-5-18(20)19-6-2-4-8-21(19)22/h1-8,11-13,22H,9-10,14H2,(H,28,32)(H,29,33)(H,30,31). The molecule has 2 aliphatic carbocycles. The number of aromatic carboxylic acids is 1. The highest BCUT2D eigenvalue weighted by Gasteiger charge is 2.52. The number of hydrogen-bond donors (Lipinski definition) is 3. The van der Waals surface area contributed by atoms with Crippen LogP contribution in [0.3, 0.4) is 0 Å². The Balaban J connectivity index is 1.24. The Bertz CT molecular complexity index is 1270. The molecule has 0 unspecified atom stereocenters. The van der Waals surface area contributed by atoms with Gasteiger partial charge in [-0.05, 0) is 53.3 Å². The lowest BCUT2D eigenvalue weighted by molar-refractivity contribution is -0.119. The molecular formula is C26H21BrN2O5. The SMILES string of the molecule is O=C(NC1(C(=O)Nc2cc(Br)cc(C(=O)O)c2)CC1)OCC1c2ccccc2-c2ccccc21. The normalized spacial score (nSPS) is 15.1. The lowest BCUT2D eigenvalue weighted by atomic mass is 9.98. The van der Waals surface area contributed by atoms with Crippen LogP contribution in [-0.2, 0) is 9.53 Å². The zero-order chi connectivity index (χ0) is 23.9. The molecule has 1 fully saturated rings. The first-order chi connectivity index (χ1) is 16.4. The first-order valence-corrected chi connectivity index (χ1v) is 11.6. The van der Waals surface area contributed by atoms with Gasteiger partial charge in [-0.1, -0.05) is 64.5 Å². The fourth-order valence-electron chi connectivity index (χ4n) is 4.40. The highest BCUT2D eigenvalue weighted by atomic mass is 79.9. The third-order valence-corrected chi connectivity index (χ3v) is 6.73. The molecule has 7 nitrogen and oxygen atoms in total. The third kappa shape index (κ3) is 4.17. The van der Waals surface area contributed by atoms with Crippen molar-refractivity contribution in [2.45, 2.75) is 24.3 Å². The Morgan fingerprint density at radius 2 is 1.59 bits per heavy atom. The summed E-state index contributed by atoms with van der Waals surface area (Å²) in [6, 6.07) is 20.6. The Labute approximate surface area is 204 Å². The lowest BCUT2D eigenvalue weighted by Gasteiger charge is -2.19. The molecule has 172 valence electrons. The Kier molecular flexibility index (Phi) is 5.61. The number of amides is 2. The topological polar surface area (TPSA) is 105 Å². The predicted octanol–water partition coefficient (Wildman–Crippen LogP) is 5.16. The highest BCUT2D eigenvalue weighted by molar-refractivity contribution is 9.10. The van der Waals surface area contributed by atoms with Gasteiger partial charge in [0.05, 0.1) is 5.56 Å². The fraction of sp³-hybridized carbons (Fsp3) is 0.192. The minimum Gasteiger partial charge on any atom is -0.478 e. The summed E-state index contributed by atoms with van der Waals surface area (Å²) in [4.78, 5) is 36.8. The average Bonchev–Trinajstić information content (AvgIpc) is 3.53. The molecule has 34 heavy (non-hydrogen) atoms. The van der Waals surface area contributed by atoms with Gasteiger partial charge < -0.3 is 20.5 Å². The molecule has 0 heterocycles. The maximum atomic E-state index is 12.9. The Morgan fingerprint density at radius 1 is 0.971 bits per heavy atom. The molecule has 2 amide bonds. The summed E-state index contributed by atoms with van der Waals surface area (Å²) in [7, 11) is 0. The molecule has 0 aliphatic heterocycles. The molecule has 0 bridgehead atoms. The van der Waals surface area contributed by atoms with Crippen LogP contribution >= 0.6 is 15.9 Å². The van der Waals surface area contributed by atoms with E-state index >= 15 is 0 Å². The summed E-state index contributed by atoms with van der Waals surface area (Å²) in [5, 5.41) is 14.6. The Morgan fingerprint density at radius 3 is 2.18 bits per heavy atom. The highest BCUT2D eigenvalue weighted by Crippen LogP contribution is 2.44. The summed E-state index contributed by atoms with van der Waals surface area (Å²) < 4.78 is 6.10. The van der Waals surface area contributed by atoms with Crippen molar-refractivity contribution in [1.29, 1.82) is 0 Å². The second kappa shape index (κ2) is 8.61. The van der Waals surface area contributed by atoms with Crippen molar-refractivity contribution in [3.05, 3.63) is 87.9 Å². The van der Waals surface area contributed by atoms with Crippen LogP contribution in [0.5, 0.6) is 0 Å². The number of nitrogens with one attached hydrogen (secondary N) is 2. The zero-order valence-electron chi connectivity index (χ0n) is 18.0. The maximum absolute atomic E-state index is 12.9. The van der Waals surface area contributed by atoms with Gasteiger partial charge in [-0.3, -0.25) is 4.79 Å². The number of halogens is 1. The van der Waals surface area contributed by atoms with Crippen LogP contribution in [0.4, 0.5) is 10.5 Å². The molecule has 0 saturated heterocycles. The van der Waals surface area contributed by atoms with Gasteiger partial charge in [0.15, 0.2) is 0 Å². The van der Waals surface area contributed by atoms with Crippen molar-refractivity contribution < 1.29 is 24.2 Å². The van der Waals surface area contributed by atoms with E-state index in [2.05, 4.69) is 38.7 Å². The molecule has 0 aromatic heterocycles. The number of fused-ring (bicyclic) bond motifs is 3. The smallest absolute Gasteiger partial charge is 0.408 e. The van der Waals surface area contributed by atoms with E-state index in [0.717, 1.165) is 22.3 Å². The van der Waals surface area contributed by atoms with Crippen molar-refractivity contribution in [2.75, 3.05) is 11.9 Å². The van der Waals surface area contributed by atoms with Gasteiger partial charge in [0.25, 0.3) is 0 Å². The van der Waals surface area contributed by atoms with E-state index in [4.69, 9.17) is 4.74 Å². The number of ether oxygens (including phenoxy) is 1. The van der Waals surface area contributed by atoms with E-state index in [1.807, 2.05) is 36.4 Å². The molecule has 3 N–H and O–H groups in total. The maximum Gasteiger partial charge on any atom is 0.408 e. The van der Waals surface area contributed by atoms with Gasteiger partial charge in [-0.15, -0.1) is 0 Å². The number of carboxylic acids is 1.